The van der Waals surface area contributed by atoms with E-state index in [4.69, 9.17) is 10.2 Å². The molecule has 3 aromatic heterocycles. The highest BCUT2D eigenvalue weighted by Crippen LogP contribution is 2.19. The van der Waals surface area contributed by atoms with E-state index in [1.807, 2.05) is 18.8 Å². The topological polar surface area (TPSA) is 161 Å². The minimum Gasteiger partial charge on any atom is -0.426 e. The van der Waals surface area contributed by atoms with Gasteiger partial charge in [0.1, 0.15) is 11.1 Å². The van der Waals surface area contributed by atoms with Gasteiger partial charge in [0.2, 0.25) is 11.6 Å². The minimum absolute atomic E-state index is 0.0454. The number of fused-ring (bicyclic) bond motifs is 2. The summed E-state index contributed by atoms with van der Waals surface area (Å²) in [6.45, 7) is 2.82. The molecule has 206 valence electrons. The van der Waals surface area contributed by atoms with Crippen LogP contribution in [0.4, 0.5) is 8.78 Å². The summed E-state index contributed by atoms with van der Waals surface area (Å²) in [7, 11) is -1.00. The highest BCUT2D eigenvalue weighted by Gasteiger charge is 2.27. The molecular formula is C25H29F2N3O8. The lowest BCUT2D eigenvalue weighted by atomic mass is 9.98. The molecule has 0 bridgehead atoms. The molecular weight excluding hydrogens is 508 g/mol. The summed E-state index contributed by atoms with van der Waals surface area (Å²) in [6, 6.07) is 2.55. The molecule has 0 aromatic carbocycles. The normalized spacial score (nSPS) is 12.5. The number of rotatable bonds is 7. The Hall–Kier alpha value is -4.16. The van der Waals surface area contributed by atoms with Crippen LogP contribution in [-0.2, 0) is 30.9 Å². The van der Waals surface area contributed by atoms with Gasteiger partial charge >= 0.3 is 16.9 Å². The van der Waals surface area contributed by atoms with Crippen LogP contribution in [0.5, 0.6) is 0 Å². The number of aromatic nitrogens is 2. The van der Waals surface area contributed by atoms with Gasteiger partial charge in [0, 0.05) is 12.1 Å². The zero-order chi connectivity index (χ0) is 29.1. The van der Waals surface area contributed by atoms with Crippen molar-refractivity contribution in [2.75, 3.05) is 7.15 Å². The molecule has 0 fully saturated rings. The summed E-state index contributed by atoms with van der Waals surface area (Å²) in [4.78, 5) is 70.9. The van der Waals surface area contributed by atoms with E-state index in [2.05, 4.69) is 5.32 Å². The maximum atomic E-state index is 12.8. The molecule has 4 heterocycles. The number of nitrogens with zero attached hydrogens (tertiary/aromatic N) is 1. The Morgan fingerprint density at radius 3 is 2.16 bits per heavy atom. The van der Waals surface area contributed by atoms with Gasteiger partial charge in [0.25, 0.3) is 11.5 Å². The summed E-state index contributed by atoms with van der Waals surface area (Å²) in [5.41, 5.74) is -1.62. The molecule has 0 unspecified atom stereocenters. The molecule has 11 nitrogen and oxygen atoms in total. The van der Waals surface area contributed by atoms with Crippen LogP contribution >= 0.6 is 0 Å². The van der Waals surface area contributed by atoms with Crippen LogP contribution < -0.4 is 27.8 Å². The van der Waals surface area contributed by atoms with Crippen LogP contribution in [0.3, 0.4) is 0 Å². The largest absolute Gasteiger partial charge is 0.426 e. The maximum absolute atomic E-state index is 12.8. The van der Waals surface area contributed by atoms with Gasteiger partial charge in [-0.25, -0.2) is 23.3 Å². The second-order valence-electron chi connectivity index (χ2n) is 8.23. The summed E-state index contributed by atoms with van der Waals surface area (Å²) < 4.78 is 38.7. The van der Waals surface area contributed by atoms with E-state index in [1.165, 1.54) is 12.1 Å². The second-order valence-corrected chi connectivity index (χ2v) is 8.23. The molecule has 0 aliphatic carbocycles. The van der Waals surface area contributed by atoms with E-state index in [9.17, 15) is 37.5 Å². The lowest BCUT2D eigenvalue weighted by Gasteiger charge is -2.16. The lowest BCUT2D eigenvalue weighted by Crippen LogP contribution is -2.38. The van der Waals surface area contributed by atoms with Crippen molar-refractivity contribution in [3.8, 4) is 0 Å². The number of carbonyl (C=O) groups is 2. The average Bonchev–Trinajstić information content (AvgIpc) is 2.86. The number of hydrogen-bond donors (Lipinski definition) is 2. The molecule has 38 heavy (non-hydrogen) atoms. The number of H-pyrrole nitrogens is 1. The summed E-state index contributed by atoms with van der Waals surface area (Å²) >= 11 is 0. The molecule has 13 heteroatoms. The van der Waals surface area contributed by atoms with Gasteiger partial charge in [0.15, 0.2) is 6.80 Å². The third kappa shape index (κ3) is 6.99. The number of imide groups is 1. The van der Waals surface area contributed by atoms with Gasteiger partial charge < -0.3 is 8.83 Å². The van der Waals surface area contributed by atoms with E-state index in [0.29, 0.717) is 34.1 Å². The number of carbonyl (C=O) groups excluding carboxylic acids is 2. The highest BCUT2D eigenvalue weighted by molar-refractivity contribution is 6.09. The first-order chi connectivity index (χ1) is 18.6. The first-order valence-corrected chi connectivity index (χ1v) is 11.8. The van der Waals surface area contributed by atoms with E-state index in [-0.39, 0.29) is 23.3 Å². The van der Waals surface area contributed by atoms with Gasteiger partial charge in [-0.05, 0) is 36.8 Å². The van der Waals surface area contributed by atoms with Crippen LogP contribution in [0.2, 0.25) is 0 Å². The van der Waals surface area contributed by atoms with Crippen molar-refractivity contribution >= 4 is 22.9 Å². The molecule has 0 spiro atoms. The Morgan fingerprint density at radius 2 is 1.55 bits per heavy atom. The van der Waals surface area contributed by atoms with Crippen LogP contribution in [0, 0.1) is 0 Å². The maximum Gasteiger partial charge on any atom is 0.337 e. The molecule has 0 radical (unpaired) electrons. The smallest absolute Gasteiger partial charge is 0.337 e. The highest BCUT2D eigenvalue weighted by atomic mass is 19.1. The number of unbranched alkanes of at least 4 members (excludes halogenated alkanes) is 2. The Kier molecular flexibility index (Phi) is 10.4. The van der Waals surface area contributed by atoms with Crippen molar-refractivity contribution in [1.29, 1.82) is 0 Å². The minimum atomic E-state index is -1.17. The number of aryl methyl sites for hydroxylation is 2. The number of alkyl halides is 2. The van der Waals surface area contributed by atoms with Gasteiger partial charge in [-0.2, -0.15) is 0 Å². The molecule has 3 aromatic rings. The van der Waals surface area contributed by atoms with Crippen LogP contribution in [0.15, 0.2) is 40.1 Å². The Bertz CT molecular complexity index is 1560. The molecule has 2 amide bonds. The predicted octanol–water partition coefficient (Wildman–Crippen LogP) is 2.29. The van der Waals surface area contributed by atoms with Gasteiger partial charge in [-0.1, -0.05) is 26.7 Å². The molecule has 0 atom stereocenters. The van der Waals surface area contributed by atoms with Crippen molar-refractivity contribution in [1.82, 2.24) is 14.9 Å². The molecule has 1 aliphatic heterocycles. The Labute approximate surface area is 215 Å². The first-order valence-electron chi connectivity index (χ1n) is 12.5. The Morgan fingerprint density at radius 1 is 0.974 bits per heavy atom. The third-order valence-electron chi connectivity index (χ3n) is 5.60. The number of aromatic amines is 1. The van der Waals surface area contributed by atoms with Crippen molar-refractivity contribution < 1.29 is 28.6 Å². The second kappa shape index (κ2) is 14.0. The standard InChI is InChI=1S/C12H13FN2O4.C12H13NO4.CH3F/c1-2-3-4-7-5-8(16)19-11-9(7)10(17)14-12(18)15(11)6-13;1-2-3-4-7-5-10(15)17-8-6-9(14)13-12(16)11(7)8;1-2/h5H,2-4,6H2,1H3,(H,14,17,18);5H,2-4,6H2,1H3,(H,13,14,16);1H3/i;;1D. The fourth-order valence-electron chi connectivity index (χ4n) is 3.89. The number of hydrogen-bond acceptors (Lipinski definition) is 8. The zero-order valence-electron chi connectivity index (χ0n) is 22.0. The summed E-state index contributed by atoms with van der Waals surface area (Å²) in [5.74, 6) is -0.707. The zero-order valence-corrected chi connectivity index (χ0v) is 21.0. The lowest BCUT2D eigenvalue weighted by molar-refractivity contribution is -0.120. The number of nitrogens with one attached hydrogen (secondary N) is 2. The Balaban J connectivity index is 0.000000250. The van der Waals surface area contributed by atoms with E-state index < -0.39 is 48.3 Å². The molecule has 1 aliphatic rings. The summed E-state index contributed by atoms with van der Waals surface area (Å²) in [6.07, 6.45) is 4.59. The number of amides is 2. The number of halogens is 2. The first kappa shape index (κ1) is 28.4. The molecule has 0 saturated carbocycles. The predicted molar refractivity (Wildman–Crippen MR) is 134 cm³/mol. The molecule has 2 N–H and O–H groups in total. The molecule has 0 saturated heterocycles. The van der Waals surface area contributed by atoms with E-state index in [0.717, 1.165) is 25.7 Å². The fourth-order valence-corrected chi connectivity index (χ4v) is 3.89. The van der Waals surface area contributed by atoms with Crippen molar-refractivity contribution in [2.24, 2.45) is 0 Å². The summed E-state index contributed by atoms with van der Waals surface area (Å²) in [5, 5.41) is 2.29. The van der Waals surface area contributed by atoms with Crippen LogP contribution in [0.1, 0.15) is 68.1 Å². The van der Waals surface area contributed by atoms with Gasteiger partial charge in [-0.3, -0.25) is 29.1 Å². The van der Waals surface area contributed by atoms with Crippen LogP contribution in [0.25, 0.3) is 11.1 Å². The quantitative estimate of drug-likeness (QED) is 0.433. The van der Waals surface area contributed by atoms with Crippen molar-refractivity contribution in [3.05, 3.63) is 76.3 Å². The fraction of sp³-hybridized carbons (Fsp3) is 0.440. The third-order valence-corrected chi connectivity index (χ3v) is 5.60. The average molecular weight is 539 g/mol. The van der Waals surface area contributed by atoms with E-state index >= 15 is 0 Å². The van der Waals surface area contributed by atoms with Gasteiger partial charge in [-0.15, -0.1) is 0 Å². The van der Waals surface area contributed by atoms with Crippen LogP contribution in [-0.4, -0.2) is 28.5 Å². The van der Waals surface area contributed by atoms with Gasteiger partial charge in [0.05, 0.1) is 20.5 Å². The van der Waals surface area contributed by atoms with Crippen molar-refractivity contribution in [3.63, 3.8) is 0 Å². The molecule has 4 rings (SSSR count). The monoisotopic (exact) mass is 538 g/mol. The SMILES string of the molecule is CCCCc1cc(=O)oc2c1C(=O)NC(=O)C2.CCCCc1cc(=O)oc2c1c(=O)[nH]c(=O)n2CF.[2H]CF. The van der Waals surface area contributed by atoms with E-state index in [1.54, 1.807) is 0 Å². The van der Waals surface area contributed by atoms with Crippen molar-refractivity contribution in [2.45, 2.75) is 65.6 Å².